The number of esters is 1. The van der Waals surface area contributed by atoms with Gasteiger partial charge in [-0.1, -0.05) is 0 Å². The number of carbonyl (C=O) groups excluding carboxylic acids is 2. The summed E-state index contributed by atoms with van der Waals surface area (Å²) < 4.78 is 4.72. The summed E-state index contributed by atoms with van der Waals surface area (Å²) in [5, 5.41) is 3.50. The molecule has 114 valence electrons. The maximum Gasteiger partial charge on any atom is 0.337 e. The van der Waals surface area contributed by atoms with E-state index in [2.05, 4.69) is 5.32 Å². The summed E-state index contributed by atoms with van der Waals surface area (Å²) in [6.45, 7) is 5.18. The molecule has 1 fully saturated rings. The molecule has 1 aliphatic heterocycles. The summed E-state index contributed by atoms with van der Waals surface area (Å²) in [7, 11) is 1.38. The number of hydrogen-bond donors (Lipinski definition) is 1. The summed E-state index contributed by atoms with van der Waals surface area (Å²) in [5.74, 6) is -0.175. The van der Waals surface area contributed by atoms with E-state index in [1.54, 1.807) is 13.0 Å². The number of likely N-dealkylation sites (tertiary alicyclic amines) is 1. The number of methoxy groups -OCH3 is 1. The normalized spacial score (nSPS) is 15.7. The number of amides is 1. The van der Waals surface area contributed by atoms with E-state index in [1.807, 2.05) is 24.0 Å². The third-order valence-corrected chi connectivity index (χ3v) is 3.95. The number of nitrogens with one attached hydrogen (secondary N) is 1. The quantitative estimate of drug-likeness (QED) is 0.867. The first-order chi connectivity index (χ1) is 10.0. The van der Waals surface area contributed by atoms with Gasteiger partial charge in [0.15, 0.2) is 0 Å². The van der Waals surface area contributed by atoms with Gasteiger partial charge in [0, 0.05) is 31.7 Å². The van der Waals surface area contributed by atoms with Crippen LogP contribution in [-0.2, 0) is 9.53 Å². The van der Waals surface area contributed by atoms with Gasteiger partial charge >= 0.3 is 5.97 Å². The molecule has 1 amide bonds. The third kappa shape index (κ3) is 3.74. The monoisotopic (exact) mass is 290 g/mol. The predicted molar refractivity (Wildman–Crippen MR) is 81.4 cm³/mol. The molecule has 1 saturated heterocycles. The Morgan fingerprint density at radius 3 is 2.48 bits per heavy atom. The lowest BCUT2D eigenvalue weighted by Gasteiger charge is -2.32. The lowest BCUT2D eigenvalue weighted by Crippen LogP contribution is -2.41. The molecular weight excluding hydrogens is 268 g/mol. The van der Waals surface area contributed by atoms with Crippen LogP contribution in [0.3, 0.4) is 0 Å². The Morgan fingerprint density at radius 2 is 1.95 bits per heavy atom. The number of nitrogens with zero attached hydrogens (tertiary/aromatic N) is 1. The summed E-state index contributed by atoms with van der Waals surface area (Å²) in [5.41, 5.74) is 2.61. The Labute approximate surface area is 125 Å². The number of benzene rings is 1. The molecule has 5 nitrogen and oxygen atoms in total. The van der Waals surface area contributed by atoms with Gasteiger partial charge in [0.1, 0.15) is 0 Å². The van der Waals surface area contributed by atoms with Crippen molar-refractivity contribution in [3.8, 4) is 0 Å². The van der Waals surface area contributed by atoms with Crippen molar-refractivity contribution in [3.05, 3.63) is 29.3 Å². The number of anilines is 1. The first kappa shape index (κ1) is 15.4. The van der Waals surface area contributed by atoms with Gasteiger partial charge in [0.25, 0.3) is 0 Å². The molecule has 1 aliphatic rings. The van der Waals surface area contributed by atoms with Crippen LogP contribution in [0.25, 0.3) is 0 Å². The smallest absolute Gasteiger partial charge is 0.337 e. The highest BCUT2D eigenvalue weighted by atomic mass is 16.5. The maximum atomic E-state index is 11.5. The van der Waals surface area contributed by atoms with Gasteiger partial charge in [-0.2, -0.15) is 0 Å². The first-order valence-corrected chi connectivity index (χ1v) is 7.22. The van der Waals surface area contributed by atoms with Gasteiger partial charge in [-0.15, -0.1) is 0 Å². The lowest BCUT2D eigenvalue weighted by molar-refractivity contribution is -0.129. The van der Waals surface area contributed by atoms with Crippen LogP contribution in [0.4, 0.5) is 5.69 Å². The van der Waals surface area contributed by atoms with Gasteiger partial charge in [0.05, 0.1) is 12.7 Å². The van der Waals surface area contributed by atoms with Gasteiger partial charge in [0.2, 0.25) is 5.91 Å². The fourth-order valence-corrected chi connectivity index (χ4v) is 2.63. The number of aryl methyl sites for hydroxylation is 1. The standard InChI is InChI=1S/C16H22N2O3/c1-11-10-13(16(20)21-3)4-5-15(11)17-14-6-8-18(9-7-14)12(2)19/h4-5,10,14,17H,6-9H2,1-3H3. The molecule has 1 aromatic rings. The highest BCUT2D eigenvalue weighted by Gasteiger charge is 2.21. The second kappa shape index (κ2) is 6.61. The van der Waals surface area contributed by atoms with Crippen LogP contribution >= 0.6 is 0 Å². The number of carbonyl (C=O) groups is 2. The SMILES string of the molecule is COC(=O)c1ccc(NC2CCN(C(C)=O)CC2)c(C)c1. The minimum atomic E-state index is -0.320. The molecule has 0 unspecified atom stereocenters. The molecule has 21 heavy (non-hydrogen) atoms. The van der Waals surface area contributed by atoms with Gasteiger partial charge < -0.3 is 15.0 Å². The minimum absolute atomic E-state index is 0.145. The number of piperidine rings is 1. The van der Waals surface area contributed by atoms with E-state index in [9.17, 15) is 9.59 Å². The van der Waals surface area contributed by atoms with Gasteiger partial charge in [-0.25, -0.2) is 4.79 Å². The van der Waals surface area contributed by atoms with Gasteiger partial charge in [-0.05, 0) is 43.5 Å². The van der Waals surface area contributed by atoms with Crippen molar-refractivity contribution in [1.29, 1.82) is 0 Å². The molecule has 1 aromatic carbocycles. The summed E-state index contributed by atoms with van der Waals surface area (Å²) in [6.07, 6.45) is 1.88. The van der Waals surface area contributed by atoms with E-state index < -0.39 is 0 Å². The molecule has 1 N–H and O–H groups in total. The van der Waals surface area contributed by atoms with Crippen LogP contribution in [0, 0.1) is 6.92 Å². The maximum absolute atomic E-state index is 11.5. The summed E-state index contributed by atoms with van der Waals surface area (Å²) >= 11 is 0. The average Bonchev–Trinajstić information content (AvgIpc) is 2.49. The fourth-order valence-electron chi connectivity index (χ4n) is 2.63. The number of rotatable bonds is 3. The molecule has 0 atom stereocenters. The highest BCUT2D eigenvalue weighted by Crippen LogP contribution is 2.21. The van der Waals surface area contributed by atoms with Crippen LogP contribution in [0.5, 0.6) is 0 Å². The van der Waals surface area contributed by atoms with Crippen molar-refractivity contribution in [2.75, 3.05) is 25.5 Å². The number of hydrogen-bond acceptors (Lipinski definition) is 4. The second-order valence-electron chi connectivity index (χ2n) is 5.45. The van der Waals surface area contributed by atoms with Crippen molar-refractivity contribution in [2.24, 2.45) is 0 Å². The molecule has 0 radical (unpaired) electrons. The van der Waals surface area contributed by atoms with E-state index in [0.29, 0.717) is 11.6 Å². The minimum Gasteiger partial charge on any atom is -0.465 e. The average molecular weight is 290 g/mol. The molecule has 0 aliphatic carbocycles. The topological polar surface area (TPSA) is 58.6 Å². The van der Waals surface area contributed by atoms with Crippen molar-refractivity contribution in [1.82, 2.24) is 4.90 Å². The van der Waals surface area contributed by atoms with E-state index in [0.717, 1.165) is 37.2 Å². The van der Waals surface area contributed by atoms with Crippen molar-refractivity contribution in [3.63, 3.8) is 0 Å². The summed E-state index contributed by atoms with van der Waals surface area (Å²) in [4.78, 5) is 24.7. The third-order valence-electron chi connectivity index (χ3n) is 3.95. The number of ether oxygens (including phenoxy) is 1. The van der Waals surface area contributed by atoms with E-state index in [4.69, 9.17) is 4.74 Å². The molecule has 2 rings (SSSR count). The van der Waals surface area contributed by atoms with E-state index >= 15 is 0 Å². The fraction of sp³-hybridized carbons (Fsp3) is 0.500. The molecule has 5 heteroatoms. The molecule has 0 saturated carbocycles. The van der Waals surface area contributed by atoms with E-state index in [-0.39, 0.29) is 11.9 Å². The Kier molecular flexibility index (Phi) is 4.83. The highest BCUT2D eigenvalue weighted by molar-refractivity contribution is 5.90. The zero-order valence-electron chi connectivity index (χ0n) is 12.8. The van der Waals surface area contributed by atoms with E-state index in [1.165, 1.54) is 7.11 Å². The first-order valence-electron chi connectivity index (χ1n) is 7.22. The van der Waals surface area contributed by atoms with Crippen LogP contribution < -0.4 is 5.32 Å². The summed E-state index contributed by atoms with van der Waals surface area (Å²) in [6, 6.07) is 5.88. The zero-order valence-corrected chi connectivity index (χ0v) is 12.8. The second-order valence-corrected chi connectivity index (χ2v) is 5.45. The molecule has 0 bridgehead atoms. The van der Waals surface area contributed by atoms with Crippen molar-refractivity contribution in [2.45, 2.75) is 32.7 Å². The predicted octanol–water partition coefficient (Wildman–Crippen LogP) is 2.20. The lowest BCUT2D eigenvalue weighted by atomic mass is 10.0. The Morgan fingerprint density at radius 1 is 1.29 bits per heavy atom. The van der Waals surface area contributed by atoms with Gasteiger partial charge in [-0.3, -0.25) is 4.79 Å². The molecular formula is C16H22N2O3. The van der Waals surface area contributed by atoms with Crippen molar-refractivity contribution < 1.29 is 14.3 Å². The van der Waals surface area contributed by atoms with Crippen LogP contribution in [0.2, 0.25) is 0 Å². The Balaban J connectivity index is 1.98. The van der Waals surface area contributed by atoms with Crippen LogP contribution in [0.15, 0.2) is 18.2 Å². The molecule has 0 aromatic heterocycles. The largest absolute Gasteiger partial charge is 0.465 e. The Hall–Kier alpha value is -2.04. The molecule has 1 heterocycles. The zero-order chi connectivity index (χ0) is 15.4. The van der Waals surface area contributed by atoms with Crippen LogP contribution in [-0.4, -0.2) is 43.0 Å². The van der Waals surface area contributed by atoms with Crippen molar-refractivity contribution >= 4 is 17.6 Å². The molecule has 0 spiro atoms. The Bertz CT molecular complexity index is 534. The van der Waals surface area contributed by atoms with Crippen LogP contribution in [0.1, 0.15) is 35.7 Å².